The van der Waals surface area contributed by atoms with E-state index in [1.165, 1.54) is 5.56 Å². The van der Waals surface area contributed by atoms with Gasteiger partial charge in [-0.25, -0.2) is 0 Å². The van der Waals surface area contributed by atoms with Crippen molar-refractivity contribution >= 4 is 17.6 Å². The first-order valence-electron chi connectivity index (χ1n) is 8.78. The summed E-state index contributed by atoms with van der Waals surface area (Å²) in [7, 11) is 0. The number of nitrogens with one attached hydrogen (secondary N) is 1. The van der Waals surface area contributed by atoms with Crippen LogP contribution in [0.1, 0.15) is 53.7 Å². The first kappa shape index (κ1) is 18.7. The molecule has 25 heavy (non-hydrogen) atoms. The Morgan fingerprint density at radius 3 is 2.32 bits per heavy atom. The molecule has 0 saturated heterocycles. The van der Waals surface area contributed by atoms with Crippen molar-refractivity contribution in [2.24, 2.45) is 0 Å². The predicted octanol–water partition coefficient (Wildman–Crippen LogP) is 4.47. The van der Waals surface area contributed by atoms with Crippen LogP contribution in [0, 0.1) is 0 Å². The number of amides is 1. The molecule has 0 aliphatic carbocycles. The number of aliphatic carboxylic acids is 1. The van der Waals surface area contributed by atoms with Gasteiger partial charge in [0.1, 0.15) is 0 Å². The zero-order valence-electron chi connectivity index (χ0n) is 14.8. The van der Waals surface area contributed by atoms with Gasteiger partial charge in [-0.15, -0.1) is 0 Å². The van der Waals surface area contributed by atoms with Crippen LogP contribution in [-0.2, 0) is 24.1 Å². The second kappa shape index (κ2) is 9.02. The number of anilines is 1. The second-order valence-electron chi connectivity index (χ2n) is 6.05. The van der Waals surface area contributed by atoms with Gasteiger partial charge < -0.3 is 10.4 Å². The minimum atomic E-state index is -0.773. The molecule has 0 bridgehead atoms. The van der Waals surface area contributed by atoms with Crippen molar-refractivity contribution in [1.82, 2.24) is 0 Å². The van der Waals surface area contributed by atoms with Crippen molar-refractivity contribution in [2.45, 2.75) is 46.0 Å². The third-order valence-electron chi connectivity index (χ3n) is 4.32. The molecule has 0 atom stereocenters. The highest BCUT2D eigenvalue weighted by Gasteiger charge is 2.13. The highest BCUT2D eigenvalue weighted by molar-refractivity contribution is 6.05. The number of benzene rings is 2. The zero-order chi connectivity index (χ0) is 18.2. The number of carboxylic acids is 1. The van der Waals surface area contributed by atoms with Crippen LogP contribution in [0.25, 0.3) is 0 Å². The molecule has 132 valence electrons. The van der Waals surface area contributed by atoms with Gasteiger partial charge in [-0.3, -0.25) is 9.59 Å². The van der Waals surface area contributed by atoms with Crippen LogP contribution in [0.4, 0.5) is 5.69 Å². The van der Waals surface area contributed by atoms with E-state index >= 15 is 0 Å². The summed E-state index contributed by atoms with van der Waals surface area (Å²) in [6.07, 6.45) is 3.25. The lowest BCUT2D eigenvalue weighted by atomic mass is 9.96. The summed E-state index contributed by atoms with van der Waals surface area (Å²) in [5.41, 5.74) is 4.86. The summed E-state index contributed by atoms with van der Waals surface area (Å²) in [5, 5.41) is 11.6. The van der Waals surface area contributed by atoms with E-state index in [2.05, 4.69) is 25.2 Å². The van der Waals surface area contributed by atoms with Crippen molar-refractivity contribution in [3.8, 4) is 0 Å². The molecular formula is C21H25NO3. The maximum atomic E-state index is 12.6. The Bertz CT molecular complexity index is 735. The smallest absolute Gasteiger partial charge is 0.303 e. The van der Waals surface area contributed by atoms with Crippen LogP contribution in [0.2, 0.25) is 0 Å². The van der Waals surface area contributed by atoms with E-state index in [9.17, 15) is 9.59 Å². The molecule has 4 heteroatoms. The first-order chi connectivity index (χ1) is 12.0. The van der Waals surface area contributed by atoms with Crippen molar-refractivity contribution in [3.05, 3.63) is 64.7 Å². The molecule has 0 spiro atoms. The molecule has 2 aromatic rings. The normalized spacial score (nSPS) is 10.5. The molecule has 0 fully saturated rings. The zero-order valence-corrected chi connectivity index (χ0v) is 14.8. The van der Waals surface area contributed by atoms with Gasteiger partial charge in [0.15, 0.2) is 0 Å². The SMILES string of the molecule is CCc1cccc(C(=O)Nc2ccc(CCCC(=O)O)cc2)c1CC. The molecule has 0 radical (unpaired) electrons. The van der Waals surface area contributed by atoms with Gasteiger partial charge in [-0.05, 0) is 60.6 Å². The van der Waals surface area contributed by atoms with Crippen LogP contribution in [0.3, 0.4) is 0 Å². The van der Waals surface area contributed by atoms with Gasteiger partial charge >= 0.3 is 5.97 Å². The summed E-state index contributed by atoms with van der Waals surface area (Å²) in [4.78, 5) is 23.2. The van der Waals surface area contributed by atoms with Crippen LogP contribution in [0.15, 0.2) is 42.5 Å². The van der Waals surface area contributed by atoms with Gasteiger partial charge in [0, 0.05) is 17.7 Å². The molecule has 2 rings (SSSR count). The van der Waals surface area contributed by atoms with E-state index < -0.39 is 5.97 Å². The third-order valence-corrected chi connectivity index (χ3v) is 4.32. The maximum absolute atomic E-state index is 12.6. The summed E-state index contributed by atoms with van der Waals surface area (Å²) < 4.78 is 0. The standard InChI is InChI=1S/C21H25NO3/c1-3-16-8-6-9-19(18(16)4-2)21(25)22-17-13-11-15(12-14-17)7-5-10-20(23)24/h6,8-9,11-14H,3-5,7,10H2,1-2H3,(H,22,25)(H,23,24). The maximum Gasteiger partial charge on any atom is 0.303 e. The average molecular weight is 339 g/mol. The molecule has 1 amide bonds. The number of carboxylic acid groups (broad SMARTS) is 1. The first-order valence-corrected chi connectivity index (χ1v) is 8.78. The highest BCUT2D eigenvalue weighted by Crippen LogP contribution is 2.19. The molecule has 0 saturated carbocycles. The summed E-state index contributed by atoms with van der Waals surface area (Å²) in [6.45, 7) is 4.16. The van der Waals surface area contributed by atoms with Crippen molar-refractivity contribution in [3.63, 3.8) is 0 Å². The van der Waals surface area contributed by atoms with Crippen LogP contribution >= 0.6 is 0 Å². The number of aryl methyl sites for hydroxylation is 2. The Morgan fingerprint density at radius 1 is 1.00 bits per heavy atom. The molecule has 0 aliphatic rings. The molecular weight excluding hydrogens is 314 g/mol. The summed E-state index contributed by atoms with van der Waals surface area (Å²) >= 11 is 0. The molecule has 4 nitrogen and oxygen atoms in total. The highest BCUT2D eigenvalue weighted by atomic mass is 16.4. The van der Waals surface area contributed by atoms with Crippen LogP contribution in [-0.4, -0.2) is 17.0 Å². The second-order valence-corrected chi connectivity index (χ2v) is 6.05. The Morgan fingerprint density at radius 2 is 1.72 bits per heavy atom. The average Bonchev–Trinajstić information content (AvgIpc) is 2.62. The van der Waals surface area contributed by atoms with Gasteiger partial charge in [-0.1, -0.05) is 38.1 Å². The largest absolute Gasteiger partial charge is 0.481 e. The van der Waals surface area contributed by atoms with E-state index in [4.69, 9.17) is 5.11 Å². The Kier molecular flexibility index (Phi) is 6.75. The topological polar surface area (TPSA) is 66.4 Å². The lowest BCUT2D eigenvalue weighted by Gasteiger charge is -2.13. The van der Waals surface area contributed by atoms with E-state index in [0.29, 0.717) is 6.42 Å². The number of hydrogen-bond acceptors (Lipinski definition) is 2. The fourth-order valence-electron chi connectivity index (χ4n) is 2.99. The fraction of sp³-hybridized carbons (Fsp3) is 0.333. The molecule has 2 aromatic carbocycles. The van der Waals surface area contributed by atoms with Gasteiger partial charge in [0.05, 0.1) is 0 Å². The monoisotopic (exact) mass is 339 g/mol. The third kappa shape index (κ3) is 5.18. The Hall–Kier alpha value is -2.62. The number of hydrogen-bond donors (Lipinski definition) is 2. The van der Waals surface area contributed by atoms with Crippen molar-refractivity contribution < 1.29 is 14.7 Å². The molecule has 0 unspecified atom stereocenters. The van der Waals surface area contributed by atoms with E-state index in [0.717, 1.165) is 41.6 Å². The Labute approximate surface area is 148 Å². The van der Waals surface area contributed by atoms with Gasteiger partial charge in [0.2, 0.25) is 0 Å². The summed E-state index contributed by atoms with van der Waals surface area (Å²) in [5.74, 6) is -0.865. The number of carbonyl (C=O) groups is 2. The van der Waals surface area contributed by atoms with E-state index in [1.54, 1.807) is 0 Å². The molecule has 2 N–H and O–H groups in total. The van der Waals surface area contributed by atoms with Gasteiger partial charge in [-0.2, -0.15) is 0 Å². The number of rotatable bonds is 8. The Balaban J connectivity index is 2.05. The van der Waals surface area contributed by atoms with Gasteiger partial charge in [0.25, 0.3) is 5.91 Å². The molecule has 0 aliphatic heterocycles. The van der Waals surface area contributed by atoms with Crippen LogP contribution in [0.5, 0.6) is 0 Å². The molecule has 0 aromatic heterocycles. The fourth-order valence-corrected chi connectivity index (χ4v) is 2.99. The van der Waals surface area contributed by atoms with Crippen molar-refractivity contribution in [2.75, 3.05) is 5.32 Å². The lowest BCUT2D eigenvalue weighted by Crippen LogP contribution is -2.15. The molecule has 0 heterocycles. The number of carbonyl (C=O) groups excluding carboxylic acids is 1. The minimum Gasteiger partial charge on any atom is -0.481 e. The van der Waals surface area contributed by atoms with E-state index in [-0.39, 0.29) is 12.3 Å². The predicted molar refractivity (Wildman–Crippen MR) is 100 cm³/mol. The van der Waals surface area contributed by atoms with Crippen molar-refractivity contribution in [1.29, 1.82) is 0 Å². The minimum absolute atomic E-state index is 0.0919. The summed E-state index contributed by atoms with van der Waals surface area (Å²) in [6, 6.07) is 13.5. The quantitative estimate of drug-likeness (QED) is 0.745. The van der Waals surface area contributed by atoms with Crippen LogP contribution < -0.4 is 5.32 Å². The van der Waals surface area contributed by atoms with E-state index in [1.807, 2.05) is 36.4 Å². The lowest BCUT2D eigenvalue weighted by molar-refractivity contribution is -0.137.